The normalized spacial score (nSPS) is 26.5. The predicted octanol–water partition coefficient (Wildman–Crippen LogP) is 0.692. The van der Waals surface area contributed by atoms with Gasteiger partial charge in [-0.05, 0) is 38.8 Å². The molecule has 0 aromatic rings. The minimum Gasteiger partial charge on any atom is -0.385 e. The van der Waals surface area contributed by atoms with Crippen LogP contribution in [0.25, 0.3) is 0 Å². The highest BCUT2D eigenvalue weighted by molar-refractivity contribution is 4.79. The molecule has 0 spiro atoms. The molecule has 0 aromatic carbocycles. The van der Waals surface area contributed by atoms with Crippen molar-refractivity contribution >= 4 is 0 Å². The number of hydrogen-bond donors (Lipinski definition) is 1. The van der Waals surface area contributed by atoms with Crippen molar-refractivity contribution in [1.29, 1.82) is 0 Å². The summed E-state index contributed by atoms with van der Waals surface area (Å²) in [7, 11) is 1.76. The van der Waals surface area contributed by atoms with Gasteiger partial charge in [-0.15, -0.1) is 0 Å². The first kappa shape index (κ1) is 11.0. The number of likely N-dealkylation sites (tertiary alicyclic amines) is 1. The number of rotatable bonds is 5. The summed E-state index contributed by atoms with van der Waals surface area (Å²) in [4.78, 5) is 2.52. The second-order valence-electron chi connectivity index (χ2n) is 4.02. The Bertz CT molecular complexity index is 141. The van der Waals surface area contributed by atoms with Crippen LogP contribution in [0, 0.1) is 5.92 Å². The summed E-state index contributed by atoms with van der Waals surface area (Å²) < 4.78 is 5.07. The Balaban J connectivity index is 2.20. The molecule has 2 unspecified atom stereocenters. The second kappa shape index (κ2) is 5.58. The molecule has 0 bridgehead atoms. The van der Waals surface area contributed by atoms with E-state index in [-0.39, 0.29) is 0 Å². The maximum atomic E-state index is 5.64. The minimum atomic E-state index is 0.650. The summed E-state index contributed by atoms with van der Waals surface area (Å²) in [6.45, 7) is 6.38. The third-order valence-electron chi connectivity index (χ3n) is 3.01. The number of hydrogen-bond acceptors (Lipinski definition) is 3. The minimum absolute atomic E-state index is 0.650. The van der Waals surface area contributed by atoms with E-state index in [2.05, 4.69) is 11.8 Å². The number of ether oxygens (including phenoxy) is 1. The molecule has 1 rings (SSSR count). The largest absolute Gasteiger partial charge is 0.385 e. The fourth-order valence-electron chi connectivity index (χ4n) is 1.93. The average Bonchev–Trinajstić information content (AvgIpc) is 2.62. The van der Waals surface area contributed by atoms with Crippen LogP contribution < -0.4 is 5.73 Å². The molecule has 0 radical (unpaired) electrons. The van der Waals surface area contributed by atoms with Crippen molar-refractivity contribution in [1.82, 2.24) is 4.90 Å². The van der Waals surface area contributed by atoms with Gasteiger partial charge in [-0.1, -0.05) is 0 Å². The van der Waals surface area contributed by atoms with Crippen LogP contribution >= 0.6 is 0 Å². The van der Waals surface area contributed by atoms with E-state index in [9.17, 15) is 0 Å². The molecule has 0 amide bonds. The van der Waals surface area contributed by atoms with Gasteiger partial charge in [0.2, 0.25) is 0 Å². The maximum absolute atomic E-state index is 5.64. The molecule has 3 heteroatoms. The van der Waals surface area contributed by atoms with Crippen LogP contribution in [0.2, 0.25) is 0 Å². The Kier molecular flexibility index (Phi) is 4.70. The van der Waals surface area contributed by atoms with Crippen molar-refractivity contribution in [3.8, 4) is 0 Å². The quantitative estimate of drug-likeness (QED) is 0.686. The molecular formula is C10H22N2O. The Morgan fingerprint density at radius 1 is 1.62 bits per heavy atom. The summed E-state index contributed by atoms with van der Waals surface area (Å²) in [6, 6.07) is 0.650. The Morgan fingerprint density at radius 2 is 2.38 bits per heavy atom. The third kappa shape index (κ3) is 3.25. The van der Waals surface area contributed by atoms with Gasteiger partial charge in [0.05, 0.1) is 0 Å². The fourth-order valence-corrected chi connectivity index (χ4v) is 1.93. The Hall–Kier alpha value is -0.120. The lowest BCUT2D eigenvalue weighted by Gasteiger charge is -2.23. The van der Waals surface area contributed by atoms with E-state index in [0.717, 1.165) is 25.5 Å². The molecule has 0 saturated carbocycles. The molecule has 1 aliphatic heterocycles. The summed E-state index contributed by atoms with van der Waals surface area (Å²) in [6.07, 6.45) is 2.40. The van der Waals surface area contributed by atoms with Crippen LogP contribution in [0.1, 0.15) is 19.8 Å². The second-order valence-corrected chi connectivity index (χ2v) is 4.02. The van der Waals surface area contributed by atoms with Crippen LogP contribution in [0.4, 0.5) is 0 Å². The molecule has 1 heterocycles. The van der Waals surface area contributed by atoms with E-state index >= 15 is 0 Å². The lowest BCUT2D eigenvalue weighted by atomic mass is 10.1. The first-order valence-corrected chi connectivity index (χ1v) is 5.21. The summed E-state index contributed by atoms with van der Waals surface area (Å²) in [5, 5.41) is 0. The van der Waals surface area contributed by atoms with Crippen LogP contribution in [0.5, 0.6) is 0 Å². The van der Waals surface area contributed by atoms with E-state index in [0.29, 0.717) is 6.04 Å². The topological polar surface area (TPSA) is 38.5 Å². The third-order valence-corrected chi connectivity index (χ3v) is 3.01. The van der Waals surface area contributed by atoms with Gasteiger partial charge in [-0.25, -0.2) is 0 Å². The highest BCUT2D eigenvalue weighted by Gasteiger charge is 2.24. The van der Waals surface area contributed by atoms with Crippen molar-refractivity contribution in [2.75, 3.05) is 33.4 Å². The van der Waals surface area contributed by atoms with E-state index in [1.54, 1.807) is 7.11 Å². The lowest BCUT2D eigenvalue weighted by molar-refractivity contribution is 0.150. The number of nitrogens with two attached hydrogens (primary N) is 1. The van der Waals surface area contributed by atoms with Crippen LogP contribution in [0.3, 0.4) is 0 Å². The van der Waals surface area contributed by atoms with Crippen molar-refractivity contribution in [3.63, 3.8) is 0 Å². The number of methoxy groups -OCH3 is 1. The van der Waals surface area contributed by atoms with E-state index in [1.165, 1.54) is 19.5 Å². The number of nitrogens with zero attached hydrogens (tertiary/aromatic N) is 1. The van der Waals surface area contributed by atoms with Gasteiger partial charge in [0.25, 0.3) is 0 Å². The van der Waals surface area contributed by atoms with Crippen LogP contribution in [0.15, 0.2) is 0 Å². The van der Waals surface area contributed by atoms with Gasteiger partial charge in [-0.2, -0.15) is 0 Å². The molecular weight excluding hydrogens is 164 g/mol. The van der Waals surface area contributed by atoms with Gasteiger partial charge in [0.1, 0.15) is 0 Å². The van der Waals surface area contributed by atoms with Crippen molar-refractivity contribution in [2.45, 2.75) is 25.8 Å². The lowest BCUT2D eigenvalue weighted by Crippen LogP contribution is -2.32. The Labute approximate surface area is 81.2 Å². The van der Waals surface area contributed by atoms with Gasteiger partial charge in [0.15, 0.2) is 0 Å². The smallest absolute Gasteiger partial charge is 0.0477 e. The Morgan fingerprint density at radius 3 is 2.92 bits per heavy atom. The van der Waals surface area contributed by atoms with E-state index in [4.69, 9.17) is 10.5 Å². The summed E-state index contributed by atoms with van der Waals surface area (Å²) in [5.74, 6) is 0.727. The summed E-state index contributed by atoms with van der Waals surface area (Å²) >= 11 is 0. The predicted molar refractivity (Wildman–Crippen MR) is 54.7 cm³/mol. The standard InChI is InChI=1S/C10H22N2O/c1-9(4-6-13-2)12-5-3-10(7-11)8-12/h9-10H,3-8,11H2,1-2H3. The molecule has 2 N–H and O–H groups in total. The highest BCUT2D eigenvalue weighted by atomic mass is 16.5. The molecule has 0 aliphatic carbocycles. The van der Waals surface area contributed by atoms with Crippen molar-refractivity contribution in [2.24, 2.45) is 11.7 Å². The van der Waals surface area contributed by atoms with Crippen molar-refractivity contribution < 1.29 is 4.74 Å². The van der Waals surface area contributed by atoms with Crippen molar-refractivity contribution in [3.05, 3.63) is 0 Å². The zero-order valence-electron chi connectivity index (χ0n) is 8.83. The molecule has 1 aliphatic rings. The van der Waals surface area contributed by atoms with Gasteiger partial charge >= 0.3 is 0 Å². The van der Waals surface area contributed by atoms with Gasteiger partial charge in [-0.3, -0.25) is 0 Å². The SMILES string of the molecule is COCCC(C)N1CCC(CN)C1. The zero-order valence-corrected chi connectivity index (χ0v) is 8.83. The first-order valence-electron chi connectivity index (χ1n) is 5.21. The maximum Gasteiger partial charge on any atom is 0.0477 e. The molecule has 78 valence electrons. The van der Waals surface area contributed by atoms with Gasteiger partial charge in [0, 0.05) is 26.3 Å². The van der Waals surface area contributed by atoms with E-state index in [1.807, 2.05) is 0 Å². The first-order chi connectivity index (χ1) is 6.27. The van der Waals surface area contributed by atoms with Gasteiger partial charge < -0.3 is 15.4 Å². The average molecular weight is 186 g/mol. The zero-order chi connectivity index (χ0) is 9.68. The monoisotopic (exact) mass is 186 g/mol. The molecule has 13 heavy (non-hydrogen) atoms. The molecule has 0 aromatic heterocycles. The highest BCUT2D eigenvalue weighted by Crippen LogP contribution is 2.18. The molecule has 3 nitrogen and oxygen atoms in total. The van der Waals surface area contributed by atoms with E-state index < -0.39 is 0 Å². The van der Waals surface area contributed by atoms with Crippen LogP contribution in [-0.2, 0) is 4.74 Å². The van der Waals surface area contributed by atoms with Crippen LogP contribution in [-0.4, -0.2) is 44.3 Å². The molecule has 2 atom stereocenters. The summed E-state index contributed by atoms with van der Waals surface area (Å²) in [5.41, 5.74) is 5.64. The molecule has 1 saturated heterocycles. The fraction of sp³-hybridized carbons (Fsp3) is 1.00. The molecule has 1 fully saturated rings.